The lowest BCUT2D eigenvalue weighted by Gasteiger charge is -2.20. The molecule has 1 aromatic heterocycles. The van der Waals surface area contributed by atoms with Gasteiger partial charge in [-0.15, -0.1) is 0 Å². The van der Waals surface area contributed by atoms with Crippen molar-refractivity contribution in [1.29, 1.82) is 0 Å². The number of nitrogens with one attached hydrogen (secondary N) is 1. The van der Waals surface area contributed by atoms with Crippen LogP contribution in [-0.2, 0) is 0 Å². The van der Waals surface area contributed by atoms with E-state index in [9.17, 15) is 9.90 Å². The smallest absolute Gasteiger partial charge is 0.256 e. The molecule has 5 heteroatoms. The Hall–Kier alpha value is -1.36. The Balaban J connectivity index is 2.57. The van der Waals surface area contributed by atoms with Gasteiger partial charge in [0.25, 0.3) is 5.91 Å². The first kappa shape index (κ1) is 14.7. The van der Waals surface area contributed by atoms with Gasteiger partial charge >= 0.3 is 0 Å². The van der Waals surface area contributed by atoms with E-state index in [4.69, 9.17) is 4.52 Å². The molecule has 0 aromatic carbocycles. The number of aliphatic hydroxyl groups is 1. The summed E-state index contributed by atoms with van der Waals surface area (Å²) in [6.07, 6.45) is 1.29. The summed E-state index contributed by atoms with van der Waals surface area (Å²) in [6.45, 7) is 7.76. The van der Waals surface area contributed by atoms with Crippen LogP contribution in [0.4, 0.5) is 0 Å². The second kappa shape index (κ2) is 6.54. The van der Waals surface area contributed by atoms with E-state index >= 15 is 0 Å². The molecule has 1 rings (SSSR count). The standard InChI is InChI=1S/C13H22N2O3/c1-5-10(6-2)11(16)7-14-13(17)12-8(3)15-18-9(12)4/h10-11,16H,5-7H2,1-4H3,(H,14,17). The van der Waals surface area contributed by atoms with Crippen LogP contribution < -0.4 is 5.32 Å². The van der Waals surface area contributed by atoms with Crippen molar-refractivity contribution in [3.05, 3.63) is 17.0 Å². The summed E-state index contributed by atoms with van der Waals surface area (Å²) in [7, 11) is 0. The van der Waals surface area contributed by atoms with Crippen LogP contribution in [0.2, 0.25) is 0 Å². The number of aryl methyl sites for hydroxylation is 2. The lowest BCUT2D eigenvalue weighted by Crippen LogP contribution is -2.36. The van der Waals surface area contributed by atoms with Crippen molar-refractivity contribution in [2.75, 3.05) is 6.54 Å². The molecule has 0 aliphatic heterocycles. The number of carbonyl (C=O) groups is 1. The Kier molecular flexibility index (Phi) is 5.34. The van der Waals surface area contributed by atoms with Crippen LogP contribution in [-0.4, -0.2) is 28.8 Å². The summed E-state index contributed by atoms with van der Waals surface area (Å²) >= 11 is 0. The fraction of sp³-hybridized carbons (Fsp3) is 0.692. The predicted molar refractivity (Wildman–Crippen MR) is 68.4 cm³/mol. The molecule has 0 spiro atoms. The van der Waals surface area contributed by atoms with Crippen molar-refractivity contribution in [3.8, 4) is 0 Å². The maximum Gasteiger partial charge on any atom is 0.256 e. The summed E-state index contributed by atoms with van der Waals surface area (Å²) in [4.78, 5) is 11.9. The molecule has 0 aliphatic carbocycles. The molecule has 18 heavy (non-hydrogen) atoms. The van der Waals surface area contributed by atoms with Crippen LogP contribution >= 0.6 is 0 Å². The van der Waals surface area contributed by atoms with Gasteiger partial charge in [-0.05, 0) is 19.8 Å². The van der Waals surface area contributed by atoms with Crippen molar-refractivity contribution in [2.24, 2.45) is 5.92 Å². The third-order valence-corrected chi connectivity index (χ3v) is 3.33. The molecule has 0 fully saturated rings. The van der Waals surface area contributed by atoms with E-state index in [-0.39, 0.29) is 18.4 Å². The first-order chi connectivity index (χ1) is 8.51. The Labute approximate surface area is 108 Å². The molecule has 1 amide bonds. The van der Waals surface area contributed by atoms with E-state index < -0.39 is 6.10 Å². The lowest BCUT2D eigenvalue weighted by atomic mass is 9.96. The van der Waals surface area contributed by atoms with E-state index in [1.165, 1.54) is 0 Å². The van der Waals surface area contributed by atoms with Crippen LogP contribution in [0.5, 0.6) is 0 Å². The zero-order chi connectivity index (χ0) is 13.7. The molecule has 0 radical (unpaired) electrons. The monoisotopic (exact) mass is 254 g/mol. The van der Waals surface area contributed by atoms with Crippen molar-refractivity contribution in [2.45, 2.75) is 46.6 Å². The first-order valence-electron chi connectivity index (χ1n) is 6.40. The number of aliphatic hydroxyl groups excluding tert-OH is 1. The third-order valence-electron chi connectivity index (χ3n) is 3.33. The zero-order valence-corrected chi connectivity index (χ0v) is 11.5. The van der Waals surface area contributed by atoms with Crippen LogP contribution in [0.25, 0.3) is 0 Å². The van der Waals surface area contributed by atoms with Gasteiger partial charge in [0.05, 0.1) is 11.8 Å². The fourth-order valence-corrected chi connectivity index (χ4v) is 2.09. The topological polar surface area (TPSA) is 75.4 Å². The lowest BCUT2D eigenvalue weighted by molar-refractivity contribution is 0.0815. The average Bonchev–Trinajstić information content (AvgIpc) is 2.67. The zero-order valence-electron chi connectivity index (χ0n) is 11.5. The number of nitrogens with zero attached hydrogens (tertiary/aromatic N) is 1. The summed E-state index contributed by atoms with van der Waals surface area (Å²) in [5.41, 5.74) is 1.04. The van der Waals surface area contributed by atoms with Crippen LogP contribution in [0, 0.1) is 19.8 Å². The van der Waals surface area contributed by atoms with Crippen LogP contribution in [0.1, 0.15) is 48.5 Å². The second-order valence-electron chi connectivity index (χ2n) is 4.55. The summed E-state index contributed by atoms with van der Waals surface area (Å²) in [5.74, 6) is 0.480. The second-order valence-corrected chi connectivity index (χ2v) is 4.55. The largest absolute Gasteiger partial charge is 0.391 e. The van der Waals surface area contributed by atoms with Gasteiger partial charge in [0.1, 0.15) is 11.3 Å². The Morgan fingerprint density at radius 3 is 2.44 bits per heavy atom. The Morgan fingerprint density at radius 1 is 1.39 bits per heavy atom. The normalized spacial score (nSPS) is 12.8. The SMILES string of the molecule is CCC(CC)C(O)CNC(=O)c1c(C)noc1C. The highest BCUT2D eigenvalue weighted by Gasteiger charge is 2.20. The quantitative estimate of drug-likeness (QED) is 0.812. The molecule has 0 aliphatic rings. The molecule has 0 saturated carbocycles. The summed E-state index contributed by atoms with van der Waals surface area (Å²) in [6, 6.07) is 0. The van der Waals surface area contributed by atoms with Gasteiger partial charge in [0, 0.05) is 6.54 Å². The highest BCUT2D eigenvalue weighted by molar-refractivity contribution is 5.96. The van der Waals surface area contributed by atoms with Crippen molar-refractivity contribution < 1.29 is 14.4 Å². The Bertz CT molecular complexity index is 377. The number of carbonyl (C=O) groups excluding carboxylic acids is 1. The highest BCUT2D eigenvalue weighted by Crippen LogP contribution is 2.14. The van der Waals surface area contributed by atoms with Gasteiger partial charge in [0.15, 0.2) is 0 Å². The predicted octanol–water partition coefficient (Wildman–Crippen LogP) is 1.82. The number of rotatable bonds is 6. The third kappa shape index (κ3) is 3.32. The van der Waals surface area contributed by atoms with E-state index in [0.29, 0.717) is 17.0 Å². The molecule has 1 atom stereocenters. The molecule has 2 N–H and O–H groups in total. The van der Waals surface area contributed by atoms with E-state index in [0.717, 1.165) is 12.8 Å². The van der Waals surface area contributed by atoms with Gasteiger partial charge in [-0.2, -0.15) is 0 Å². The number of amides is 1. The molecule has 1 heterocycles. The van der Waals surface area contributed by atoms with E-state index in [2.05, 4.69) is 10.5 Å². The minimum atomic E-state index is -0.510. The van der Waals surface area contributed by atoms with Crippen LogP contribution in [0.3, 0.4) is 0 Å². The van der Waals surface area contributed by atoms with E-state index in [1.807, 2.05) is 13.8 Å². The maximum atomic E-state index is 11.9. The maximum absolute atomic E-state index is 11.9. The molecule has 0 bridgehead atoms. The molecule has 0 saturated heterocycles. The van der Waals surface area contributed by atoms with Crippen molar-refractivity contribution in [1.82, 2.24) is 10.5 Å². The molecule has 102 valence electrons. The first-order valence-corrected chi connectivity index (χ1v) is 6.40. The highest BCUT2D eigenvalue weighted by atomic mass is 16.5. The van der Waals surface area contributed by atoms with Gasteiger partial charge < -0.3 is 14.9 Å². The molecule has 1 unspecified atom stereocenters. The molecular weight excluding hydrogens is 232 g/mol. The van der Waals surface area contributed by atoms with Gasteiger partial charge in [-0.1, -0.05) is 31.8 Å². The number of hydrogen-bond donors (Lipinski definition) is 2. The van der Waals surface area contributed by atoms with Crippen molar-refractivity contribution in [3.63, 3.8) is 0 Å². The summed E-state index contributed by atoms with van der Waals surface area (Å²) < 4.78 is 4.94. The molecular formula is C13H22N2O3. The minimum absolute atomic E-state index is 0.218. The number of hydrogen-bond acceptors (Lipinski definition) is 4. The van der Waals surface area contributed by atoms with E-state index in [1.54, 1.807) is 13.8 Å². The number of aromatic nitrogens is 1. The fourth-order valence-electron chi connectivity index (χ4n) is 2.09. The van der Waals surface area contributed by atoms with Crippen LogP contribution in [0.15, 0.2) is 4.52 Å². The van der Waals surface area contributed by atoms with Gasteiger partial charge in [0.2, 0.25) is 0 Å². The molecule has 5 nitrogen and oxygen atoms in total. The summed E-state index contributed by atoms with van der Waals surface area (Å²) in [5, 5.41) is 16.4. The average molecular weight is 254 g/mol. The van der Waals surface area contributed by atoms with Gasteiger partial charge in [-0.3, -0.25) is 4.79 Å². The van der Waals surface area contributed by atoms with Gasteiger partial charge in [-0.25, -0.2) is 0 Å². The minimum Gasteiger partial charge on any atom is -0.391 e. The molecule has 1 aromatic rings. The Morgan fingerprint density at radius 2 is 2.00 bits per heavy atom. The van der Waals surface area contributed by atoms with Crippen molar-refractivity contribution >= 4 is 5.91 Å².